The molecule has 2 aromatic carbocycles. The Kier molecular flexibility index (Phi) is 14.8. The molecule has 7 heteroatoms. The molecular weight excluding hydrogens is 482 g/mol. The summed E-state index contributed by atoms with van der Waals surface area (Å²) in [7, 11) is 0. The fourth-order valence-electron chi connectivity index (χ4n) is 4.26. The smallest absolute Gasteiger partial charge is 0.325 e. The van der Waals surface area contributed by atoms with Gasteiger partial charge in [0.2, 0.25) is 5.91 Å². The van der Waals surface area contributed by atoms with Crippen LogP contribution in [0.2, 0.25) is 0 Å². The molecule has 208 valence electrons. The van der Waals surface area contributed by atoms with E-state index >= 15 is 0 Å². The van der Waals surface area contributed by atoms with Crippen molar-refractivity contribution in [3.8, 4) is 0 Å². The van der Waals surface area contributed by atoms with Crippen molar-refractivity contribution in [2.45, 2.75) is 71.8 Å². The molecular formula is C31H43NO6. The molecule has 0 saturated carbocycles. The van der Waals surface area contributed by atoms with Crippen LogP contribution in [0.25, 0.3) is 0 Å². The van der Waals surface area contributed by atoms with Crippen LogP contribution in [0.1, 0.15) is 68.6 Å². The number of rotatable bonds is 18. The van der Waals surface area contributed by atoms with Crippen LogP contribution in [-0.2, 0) is 36.9 Å². The predicted molar refractivity (Wildman–Crippen MR) is 147 cm³/mol. The van der Waals surface area contributed by atoms with Gasteiger partial charge in [0.05, 0.1) is 18.4 Å². The monoisotopic (exact) mass is 525 g/mol. The molecule has 0 aliphatic carbocycles. The molecule has 2 N–H and O–H groups in total. The van der Waals surface area contributed by atoms with Gasteiger partial charge in [-0.1, -0.05) is 79.9 Å². The molecule has 38 heavy (non-hydrogen) atoms. The molecule has 0 bridgehead atoms. The highest BCUT2D eigenvalue weighted by molar-refractivity contribution is 5.87. The summed E-state index contributed by atoms with van der Waals surface area (Å²) in [5.74, 6) is -2.57. The van der Waals surface area contributed by atoms with E-state index in [2.05, 4.69) is 29.6 Å². The van der Waals surface area contributed by atoms with Crippen LogP contribution < -0.4 is 5.32 Å². The number of hydrogen-bond donors (Lipinski definition) is 2. The van der Waals surface area contributed by atoms with Gasteiger partial charge < -0.3 is 19.9 Å². The van der Waals surface area contributed by atoms with E-state index in [0.717, 1.165) is 24.8 Å². The molecule has 0 aromatic heterocycles. The van der Waals surface area contributed by atoms with E-state index < -0.39 is 23.8 Å². The maximum atomic E-state index is 13.3. The second-order valence-electron chi connectivity index (χ2n) is 9.70. The lowest BCUT2D eigenvalue weighted by molar-refractivity contribution is -0.154. The van der Waals surface area contributed by atoms with Gasteiger partial charge in [-0.15, -0.1) is 0 Å². The normalized spacial score (nSPS) is 12.4. The Morgan fingerprint density at radius 2 is 1.55 bits per heavy atom. The first kappa shape index (κ1) is 31.0. The van der Waals surface area contributed by atoms with E-state index in [4.69, 9.17) is 9.47 Å². The number of carbonyl (C=O) groups is 3. The van der Waals surface area contributed by atoms with Gasteiger partial charge in [-0.2, -0.15) is 0 Å². The Hall–Kier alpha value is -3.19. The van der Waals surface area contributed by atoms with Crippen LogP contribution in [0.4, 0.5) is 0 Å². The number of carbonyl (C=O) groups excluding carboxylic acids is 3. The van der Waals surface area contributed by atoms with Gasteiger partial charge >= 0.3 is 11.9 Å². The van der Waals surface area contributed by atoms with E-state index in [9.17, 15) is 19.5 Å². The summed E-state index contributed by atoms with van der Waals surface area (Å²) in [4.78, 5) is 38.7. The van der Waals surface area contributed by atoms with Gasteiger partial charge in [0.25, 0.3) is 0 Å². The fraction of sp³-hybridized carbons (Fsp3) is 0.516. The van der Waals surface area contributed by atoms with Crippen molar-refractivity contribution in [2.75, 3.05) is 19.8 Å². The van der Waals surface area contributed by atoms with Gasteiger partial charge in [0.15, 0.2) is 0 Å². The Bertz CT molecular complexity index is 960. The van der Waals surface area contributed by atoms with Crippen molar-refractivity contribution < 1.29 is 29.0 Å². The maximum Gasteiger partial charge on any atom is 0.325 e. The third-order valence-corrected chi connectivity index (χ3v) is 6.54. The molecule has 0 heterocycles. The van der Waals surface area contributed by atoms with E-state index in [1.54, 1.807) is 0 Å². The van der Waals surface area contributed by atoms with Crippen LogP contribution in [0.3, 0.4) is 0 Å². The number of ether oxygens (including phenoxy) is 2. The van der Waals surface area contributed by atoms with Crippen molar-refractivity contribution in [3.63, 3.8) is 0 Å². The number of esters is 2. The average Bonchev–Trinajstić information content (AvgIpc) is 2.93. The molecule has 2 atom stereocenters. The Morgan fingerprint density at radius 3 is 2.24 bits per heavy atom. The van der Waals surface area contributed by atoms with Crippen molar-refractivity contribution in [1.29, 1.82) is 0 Å². The van der Waals surface area contributed by atoms with Gasteiger partial charge in [-0.3, -0.25) is 14.4 Å². The topological polar surface area (TPSA) is 102 Å². The molecule has 0 aliphatic heterocycles. The molecule has 0 spiro atoms. The lowest BCUT2D eigenvalue weighted by atomic mass is 9.83. The zero-order chi connectivity index (χ0) is 27.6. The molecule has 2 aromatic rings. The first-order valence-electron chi connectivity index (χ1n) is 13.7. The first-order valence-corrected chi connectivity index (χ1v) is 13.7. The number of nitrogens with one attached hydrogen (secondary N) is 1. The largest absolute Gasteiger partial charge is 0.465 e. The number of amides is 1. The third kappa shape index (κ3) is 11.9. The SMILES string of the molecule is CCCCOC(=O)C(CCCCO)C(CCCc1ccc(C)cc1)C(=O)NCC(=O)OCc1ccccc1. The van der Waals surface area contributed by atoms with Crippen LogP contribution >= 0.6 is 0 Å². The summed E-state index contributed by atoms with van der Waals surface area (Å²) in [5.41, 5.74) is 3.21. The molecule has 0 saturated heterocycles. The van der Waals surface area contributed by atoms with Gasteiger partial charge in [-0.25, -0.2) is 0 Å². The summed E-state index contributed by atoms with van der Waals surface area (Å²) in [6, 6.07) is 17.6. The predicted octanol–water partition coefficient (Wildman–Crippen LogP) is 4.92. The highest BCUT2D eigenvalue weighted by Crippen LogP contribution is 2.26. The first-order chi connectivity index (χ1) is 18.4. The Balaban J connectivity index is 2.06. The molecule has 2 unspecified atom stereocenters. The molecule has 2 rings (SSSR count). The maximum absolute atomic E-state index is 13.3. The highest BCUT2D eigenvalue weighted by atomic mass is 16.5. The fourth-order valence-corrected chi connectivity index (χ4v) is 4.26. The number of benzene rings is 2. The van der Waals surface area contributed by atoms with Crippen molar-refractivity contribution in [2.24, 2.45) is 11.8 Å². The second kappa shape index (κ2) is 18.1. The summed E-state index contributed by atoms with van der Waals surface area (Å²) in [5, 5.41) is 12.0. The van der Waals surface area contributed by atoms with E-state index in [1.165, 1.54) is 11.1 Å². The van der Waals surface area contributed by atoms with Crippen molar-refractivity contribution >= 4 is 17.8 Å². The lowest BCUT2D eigenvalue weighted by Gasteiger charge is -2.25. The molecule has 0 fully saturated rings. The number of aliphatic hydroxyl groups excluding tert-OH is 1. The number of hydrogen-bond acceptors (Lipinski definition) is 6. The quantitative estimate of drug-likeness (QED) is 0.212. The average molecular weight is 526 g/mol. The Morgan fingerprint density at radius 1 is 0.842 bits per heavy atom. The summed E-state index contributed by atoms with van der Waals surface area (Å²) < 4.78 is 10.8. The zero-order valence-electron chi connectivity index (χ0n) is 22.8. The summed E-state index contributed by atoms with van der Waals surface area (Å²) in [6.45, 7) is 4.25. The lowest BCUT2D eigenvalue weighted by Crippen LogP contribution is -2.41. The van der Waals surface area contributed by atoms with Crippen LogP contribution in [-0.4, -0.2) is 42.7 Å². The third-order valence-electron chi connectivity index (χ3n) is 6.54. The zero-order valence-corrected chi connectivity index (χ0v) is 22.8. The van der Waals surface area contributed by atoms with E-state index in [0.29, 0.717) is 38.7 Å². The van der Waals surface area contributed by atoms with Crippen LogP contribution in [0.15, 0.2) is 54.6 Å². The molecule has 7 nitrogen and oxygen atoms in total. The molecule has 0 radical (unpaired) electrons. The van der Waals surface area contributed by atoms with E-state index in [1.807, 2.05) is 44.2 Å². The number of aliphatic hydroxyl groups is 1. The van der Waals surface area contributed by atoms with Crippen LogP contribution in [0, 0.1) is 18.8 Å². The van der Waals surface area contributed by atoms with Gasteiger partial charge in [0, 0.05) is 6.61 Å². The summed E-state index contributed by atoms with van der Waals surface area (Å²) >= 11 is 0. The highest BCUT2D eigenvalue weighted by Gasteiger charge is 2.34. The minimum Gasteiger partial charge on any atom is -0.465 e. The van der Waals surface area contributed by atoms with Gasteiger partial charge in [-0.05, 0) is 56.6 Å². The molecule has 0 aliphatic rings. The Labute approximate surface area is 226 Å². The summed E-state index contributed by atoms with van der Waals surface area (Å²) in [6.07, 6.45) is 5.20. The minimum atomic E-state index is -0.643. The molecule has 1 amide bonds. The standard InChI is InChI=1S/C31H43NO6/c1-3-4-21-37-31(36)28(14-8-9-20-33)27(15-10-13-25-18-16-24(2)17-19-25)30(35)32-22-29(34)38-23-26-11-6-5-7-12-26/h5-7,11-12,16-19,27-28,33H,3-4,8-10,13-15,20-23H2,1-2H3,(H,32,35). The van der Waals surface area contributed by atoms with Crippen molar-refractivity contribution in [3.05, 3.63) is 71.3 Å². The van der Waals surface area contributed by atoms with E-state index in [-0.39, 0.29) is 25.7 Å². The van der Waals surface area contributed by atoms with Gasteiger partial charge in [0.1, 0.15) is 13.2 Å². The van der Waals surface area contributed by atoms with Crippen LogP contribution in [0.5, 0.6) is 0 Å². The number of aryl methyl sites for hydroxylation is 2. The number of unbranched alkanes of at least 4 members (excludes halogenated alkanes) is 2. The minimum absolute atomic E-state index is 0.0230. The van der Waals surface area contributed by atoms with Crippen molar-refractivity contribution in [1.82, 2.24) is 5.32 Å². The second-order valence-corrected chi connectivity index (χ2v) is 9.70.